The van der Waals surface area contributed by atoms with Crippen LogP contribution in [-0.4, -0.2) is 89.2 Å². The number of ether oxygens (including phenoxy) is 5. The Bertz CT molecular complexity index is 1400. The summed E-state index contributed by atoms with van der Waals surface area (Å²) in [5, 5.41) is 31.5. The second-order valence-electron chi connectivity index (χ2n) is 21.7. The van der Waals surface area contributed by atoms with E-state index in [0.717, 1.165) is 89.9 Å². The molecule has 0 radical (unpaired) electrons. The summed E-state index contributed by atoms with van der Waals surface area (Å²) in [7, 11) is 0. The number of hydrogen-bond acceptors (Lipinski definition) is 11. The molecule has 0 amide bonds. The van der Waals surface area contributed by atoms with Crippen molar-refractivity contribution < 1.29 is 58.2 Å². The molecule has 438 valence electrons. The normalized spacial score (nSPS) is 18.2. The number of aliphatic carboxylic acids is 1. The number of hydrogen-bond donors (Lipinski definition) is 3. The van der Waals surface area contributed by atoms with Gasteiger partial charge in [-0.3, -0.25) is 14.4 Å². The predicted octanol–water partition coefficient (Wildman–Crippen LogP) is 16.2. The van der Waals surface area contributed by atoms with Gasteiger partial charge < -0.3 is 39.0 Å². The van der Waals surface area contributed by atoms with Gasteiger partial charge in [0.05, 0.1) is 6.61 Å². The smallest absolute Gasteiger partial charge is 0.335 e. The average molecular weight is 1060 g/mol. The molecule has 1 rings (SSSR count). The first-order valence-electron chi connectivity index (χ1n) is 31.3. The van der Waals surface area contributed by atoms with Crippen LogP contribution in [0, 0.1) is 0 Å². The van der Waals surface area contributed by atoms with Crippen molar-refractivity contribution in [3.8, 4) is 0 Å². The van der Waals surface area contributed by atoms with Crippen molar-refractivity contribution in [3.05, 3.63) is 24.3 Å². The molecule has 1 fully saturated rings. The van der Waals surface area contributed by atoms with Crippen LogP contribution in [0.25, 0.3) is 0 Å². The third-order valence-electron chi connectivity index (χ3n) is 14.5. The summed E-state index contributed by atoms with van der Waals surface area (Å²) < 4.78 is 28.5. The molecule has 1 aliphatic heterocycles. The summed E-state index contributed by atoms with van der Waals surface area (Å²) in [6.45, 7) is 5.98. The number of carbonyl (C=O) groups excluding carboxylic acids is 3. The van der Waals surface area contributed by atoms with Gasteiger partial charge in [-0.2, -0.15) is 0 Å². The summed E-state index contributed by atoms with van der Waals surface area (Å²) in [4.78, 5) is 51.1. The van der Waals surface area contributed by atoms with Crippen molar-refractivity contribution in [2.75, 3.05) is 13.2 Å². The Kier molecular flexibility index (Phi) is 48.6. The second kappa shape index (κ2) is 51.9. The molecule has 1 saturated heterocycles. The monoisotopic (exact) mass is 1060 g/mol. The number of rotatable bonds is 54. The van der Waals surface area contributed by atoms with Gasteiger partial charge >= 0.3 is 23.9 Å². The summed E-state index contributed by atoms with van der Waals surface area (Å²) in [6, 6.07) is 0. The van der Waals surface area contributed by atoms with E-state index in [1.807, 2.05) is 0 Å². The summed E-state index contributed by atoms with van der Waals surface area (Å²) in [5.74, 6) is -3.10. The number of carboxylic acid groups (broad SMARTS) is 1. The van der Waals surface area contributed by atoms with Gasteiger partial charge in [-0.25, -0.2) is 4.79 Å². The lowest BCUT2D eigenvalue weighted by atomic mass is 9.98. The minimum Gasteiger partial charge on any atom is -0.479 e. The van der Waals surface area contributed by atoms with E-state index in [9.17, 15) is 34.5 Å². The topological polar surface area (TPSA) is 175 Å². The van der Waals surface area contributed by atoms with Gasteiger partial charge in [0.25, 0.3) is 0 Å². The first-order valence-corrected chi connectivity index (χ1v) is 31.3. The molecule has 6 atom stereocenters. The predicted molar refractivity (Wildman–Crippen MR) is 303 cm³/mol. The Morgan fingerprint density at radius 3 is 1.23 bits per heavy atom. The van der Waals surface area contributed by atoms with Crippen LogP contribution in [0.3, 0.4) is 0 Å². The van der Waals surface area contributed by atoms with Crippen molar-refractivity contribution in [2.45, 2.75) is 340 Å². The van der Waals surface area contributed by atoms with Gasteiger partial charge in [-0.15, -0.1) is 0 Å². The fraction of sp³-hybridized carbons (Fsp3) is 0.873. The van der Waals surface area contributed by atoms with Gasteiger partial charge in [0.1, 0.15) is 18.8 Å². The number of unbranched alkanes of at least 4 members (excludes halogenated alkanes) is 36. The Morgan fingerprint density at radius 2 is 0.800 bits per heavy atom. The summed E-state index contributed by atoms with van der Waals surface area (Å²) in [5.41, 5.74) is 0. The van der Waals surface area contributed by atoms with Crippen LogP contribution in [-0.2, 0) is 42.9 Å². The molecule has 12 nitrogen and oxygen atoms in total. The molecule has 0 aliphatic carbocycles. The lowest BCUT2D eigenvalue weighted by Crippen LogP contribution is -2.61. The third-order valence-corrected chi connectivity index (χ3v) is 14.5. The highest BCUT2D eigenvalue weighted by molar-refractivity contribution is 5.74. The highest BCUT2D eigenvalue weighted by Crippen LogP contribution is 2.27. The molecule has 0 aromatic rings. The molecule has 0 saturated carbocycles. The molecule has 0 aromatic heterocycles. The molecule has 0 spiro atoms. The minimum absolute atomic E-state index is 0.0648. The fourth-order valence-electron chi connectivity index (χ4n) is 9.69. The molecule has 1 heterocycles. The summed E-state index contributed by atoms with van der Waals surface area (Å²) >= 11 is 0. The average Bonchev–Trinajstić information content (AvgIpc) is 3.39. The van der Waals surface area contributed by atoms with E-state index in [0.29, 0.717) is 19.3 Å². The quantitative estimate of drug-likeness (QED) is 0.0228. The first kappa shape index (κ1) is 70.2. The number of aliphatic hydroxyl groups excluding tert-OH is 2. The van der Waals surface area contributed by atoms with Crippen LogP contribution >= 0.6 is 0 Å². The zero-order chi connectivity index (χ0) is 54.7. The highest BCUT2D eigenvalue weighted by Gasteiger charge is 2.50. The van der Waals surface area contributed by atoms with Crippen molar-refractivity contribution >= 4 is 23.9 Å². The Balaban J connectivity index is 2.64. The zero-order valence-corrected chi connectivity index (χ0v) is 48.3. The van der Waals surface area contributed by atoms with Gasteiger partial charge in [-0.05, 0) is 51.4 Å². The van der Waals surface area contributed by atoms with E-state index in [-0.39, 0.29) is 25.9 Å². The third kappa shape index (κ3) is 41.9. The molecule has 75 heavy (non-hydrogen) atoms. The molecule has 0 aromatic carbocycles. The molecule has 3 N–H and O–H groups in total. The van der Waals surface area contributed by atoms with Gasteiger partial charge in [-0.1, -0.05) is 257 Å². The largest absolute Gasteiger partial charge is 0.479 e. The number of esters is 3. The lowest BCUT2D eigenvalue weighted by Gasteiger charge is -2.40. The van der Waals surface area contributed by atoms with Crippen molar-refractivity contribution in [2.24, 2.45) is 0 Å². The number of allylic oxidation sites excluding steroid dienone is 4. The van der Waals surface area contributed by atoms with Gasteiger partial charge in [0.15, 0.2) is 24.6 Å². The van der Waals surface area contributed by atoms with Crippen LogP contribution in [0.2, 0.25) is 0 Å². The Labute approximate surface area is 458 Å². The van der Waals surface area contributed by atoms with E-state index in [4.69, 9.17) is 23.7 Å². The van der Waals surface area contributed by atoms with E-state index >= 15 is 0 Å². The highest BCUT2D eigenvalue weighted by atomic mass is 16.7. The van der Waals surface area contributed by atoms with E-state index in [1.165, 1.54) is 154 Å². The van der Waals surface area contributed by atoms with Crippen LogP contribution < -0.4 is 0 Å². The van der Waals surface area contributed by atoms with Crippen molar-refractivity contribution in [3.63, 3.8) is 0 Å². The van der Waals surface area contributed by atoms with Gasteiger partial charge in [0, 0.05) is 19.3 Å². The maximum atomic E-state index is 13.2. The van der Waals surface area contributed by atoms with Gasteiger partial charge in [0.2, 0.25) is 0 Å². The van der Waals surface area contributed by atoms with E-state index in [1.54, 1.807) is 0 Å². The molecule has 0 bridgehead atoms. The molecule has 12 heteroatoms. The van der Waals surface area contributed by atoms with Crippen LogP contribution in [0.1, 0.15) is 303 Å². The number of aliphatic hydroxyl groups is 2. The maximum absolute atomic E-state index is 13.2. The van der Waals surface area contributed by atoms with E-state index < -0.39 is 67.3 Å². The maximum Gasteiger partial charge on any atom is 0.335 e. The standard InChI is InChI=1S/C63H114O12/c1-4-7-10-13-16-19-22-24-26-27-28-29-31-32-35-37-40-43-46-49-55(64)71-52-54(73-56(65)50-47-44-41-39-36-33-30-25-23-20-17-14-11-8-5-2)53-72-63-61(59(68)58(67)60(75-63)62(69)70)74-57(66)51-48-45-42-38-34-21-18-15-12-9-6-3/h17,20,25,30,54,58-61,63,67-68H,4-16,18-19,21-24,26-29,31-53H2,1-3H3,(H,69,70)/b20-17-,30-25-. The van der Waals surface area contributed by atoms with Crippen molar-refractivity contribution in [1.29, 1.82) is 0 Å². The molecule has 6 unspecified atom stereocenters. The Hall–Kier alpha value is -2.80. The minimum atomic E-state index is -1.90. The van der Waals surface area contributed by atoms with E-state index in [2.05, 4.69) is 45.1 Å². The first-order chi connectivity index (χ1) is 36.6. The SMILES string of the molecule is CCCCC/C=C\C/C=C\CCCCCCCC(=O)OC(COC(=O)CCCCCCCCCCCCCCCCCCCCC)COC1OC(C(=O)O)C(O)C(O)C1OC(=O)CCCCCCCCCCCCC. The lowest BCUT2D eigenvalue weighted by molar-refractivity contribution is -0.301. The number of carbonyl (C=O) groups is 4. The second-order valence-corrected chi connectivity index (χ2v) is 21.7. The summed E-state index contributed by atoms with van der Waals surface area (Å²) in [6.07, 6.45) is 47.2. The Morgan fingerprint density at radius 1 is 0.440 bits per heavy atom. The zero-order valence-electron chi connectivity index (χ0n) is 48.3. The molecular formula is C63H114O12. The van der Waals surface area contributed by atoms with Crippen LogP contribution in [0.4, 0.5) is 0 Å². The van der Waals surface area contributed by atoms with Crippen LogP contribution in [0.5, 0.6) is 0 Å². The van der Waals surface area contributed by atoms with Crippen LogP contribution in [0.15, 0.2) is 24.3 Å². The molecular weight excluding hydrogens is 949 g/mol. The number of carboxylic acids is 1. The fourth-order valence-corrected chi connectivity index (χ4v) is 9.69. The van der Waals surface area contributed by atoms with Crippen molar-refractivity contribution in [1.82, 2.24) is 0 Å². The molecule has 1 aliphatic rings.